The van der Waals surface area contributed by atoms with Gasteiger partial charge >= 0.3 is 6.01 Å². The minimum absolute atomic E-state index is 0.172. The maximum Gasteiger partial charge on any atom is 0.336 e. The lowest BCUT2D eigenvalue weighted by molar-refractivity contribution is 0.102. The molecule has 0 atom stereocenters. The minimum Gasteiger partial charge on any atom is -0.466 e. The van der Waals surface area contributed by atoms with Gasteiger partial charge in [0.2, 0.25) is 5.95 Å². The van der Waals surface area contributed by atoms with E-state index >= 15 is 0 Å². The molecule has 0 saturated carbocycles. The molecule has 2 heterocycles. The summed E-state index contributed by atoms with van der Waals surface area (Å²) in [6, 6.07) is 3.48. The Morgan fingerprint density at radius 2 is 2.35 bits per heavy atom. The van der Waals surface area contributed by atoms with E-state index in [4.69, 9.17) is 4.74 Å². The van der Waals surface area contributed by atoms with E-state index in [1.807, 2.05) is 6.92 Å². The highest BCUT2D eigenvalue weighted by molar-refractivity contribution is 6.03. The first-order valence-corrected chi connectivity index (χ1v) is 4.89. The Morgan fingerprint density at radius 1 is 1.53 bits per heavy atom. The van der Waals surface area contributed by atoms with Gasteiger partial charge in [-0.25, -0.2) is 5.10 Å². The number of aryl methyl sites for hydroxylation is 1. The number of carbonyl (C=O) groups excluding carboxylic acids is 1. The van der Waals surface area contributed by atoms with Crippen molar-refractivity contribution in [3.63, 3.8) is 0 Å². The molecule has 2 rings (SSSR count). The van der Waals surface area contributed by atoms with Gasteiger partial charge in [-0.1, -0.05) is 0 Å². The molecule has 0 bridgehead atoms. The van der Waals surface area contributed by atoms with Gasteiger partial charge < -0.3 is 4.74 Å². The summed E-state index contributed by atoms with van der Waals surface area (Å²) in [6.07, 6.45) is 1.57. The number of aromatic amines is 1. The van der Waals surface area contributed by atoms with Crippen LogP contribution in [0.3, 0.4) is 0 Å². The number of nitrogens with one attached hydrogen (secondary N) is 2. The predicted molar refractivity (Wildman–Crippen MR) is 59.9 cm³/mol. The van der Waals surface area contributed by atoms with Gasteiger partial charge in [0.15, 0.2) is 0 Å². The lowest BCUT2D eigenvalue weighted by Crippen LogP contribution is -2.13. The lowest BCUT2D eigenvalue weighted by atomic mass is 10.2. The molecule has 17 heavy (non-hydrogen) atoms. The number of rotatable bonds is 3. The van der Waals surface area contributed by atoms with Crippen LogP contribution in [0.1, 0.15) is 16.1 Å². The predicted octanol–water partition coefficient (Wildman–Crippen LogP) is 0.769. The fourth-order valence-corrected chi connectivity index (χ4v) is 1.26. The minimum atomic E-state index is -0.283. The van der Waals surface area contributed by atoms with Crippen molar-refractivity contribution in [2.45, 2.75) is 6.92 Å². The Hall–Kier alpha value is -2.44. The van der Waals surface area contributed by atoms with Crippen LogP contribution >= 0.6 is 0 Å². The molecule has 2 aromatic heterocycles. The molecule has 7 heteroatoms. The Labute approximate surface area is 97.2 Å². The molecule has 0 aliphatic carbocycles. The number of H-pyrrole nitrogens is 1. The second kappa shape index (κ2) is 4.60. The monoisotopic (exact) mass is 233 g/mol. The quantitative estimate of drug-likeness (QED) is 0.816. The zero-order valence-electron chi connectivity index (χ0n) is 9.39. The van der Waals surface area contributed by atoms with Gasteiger partial charge in [-0.15, -0.1) is 5.10 Å². The summed E-state index contributed by atoms with van der Waals surface area (Å²) < 4.78 is 4.79. The van der Waals surface area contributed by atoms with E-state index in [-0.39, 0.29) is 17.9 Å². The van der Waals surface area contributed by atoms with Gasteiger partial charge in [0, 0.05) is 17.5 Å². The van der Waals surface area contributed by atoms with Crippen LogP contribution in [-0.2, 0) is 0 Å². The van der Waals surface area contributed by atoms with Gasteiger partial charge in [0.25, 0.3) is 5.91 Å². The maximum atomic E-state index is 11.8. The van der Waals surface area contributed by atoms with Crippen molar-refractivity contribution in [1.82, 2.24) is 20.2 Å². The SMILES string of the molecule is COc1n[nH]c(NC(=O)c2ccnc(C)c2)n1. The van der Waals surface area contributed by atoms with E-state index in [1.54, 1.807) is 18.3 Å². The lowest BCUT2D eigenvalue weighted by Gasteiger charge is -2.01. The maximum absolute atomic E-state index is 11.8. The third-order valence-corrected chi connectivity index (χ3v) is 2.04. The second-order valence-corrected chi connectivity index (χ2v) is 3.31. The summed E-state index contributed by atoms with van der Waals surface area (Å²) >= 11 is 0. The van der Waals surface area contributed by atoms with Crippen LogP contribution < -0.4 is 10.1 Å². The molecule has 0 radical (unpaired) electrons. The largest absolute Gasteiger partial charge is 0.466 e. The fourth-order valence-electron chi connectivity index (χ4n) is 1.26. The molecule has 0 aliphatic rings. The number of ether oxygens (including phenoxy) is 1. The molecule has 88 valence electrons. The third-order valence-electron chi connectivity index (χ3n) is 2.04. The van der Waals surface area contributed by atoms with Crippen molar-refractivity contribution in [2.75, 3.05) is 12.4 Å². The second-order valence-electron chi connectivity index (χ2n) is 3.31. The zero-order valence-corrected chi connectivity index (χ0v) is 9.39. The topological polar surface area (TPSA) is 92.8 Å². The van der Waals surface area contributed by atoms with Crippen molar-refractivity contribution in [1.29, 1.82) is 0 Å². The molecule has 0 unspecified atom stereocenters. The molecule has 0 fully saturated rings. The highest BCUT2D eigenvalue weighted by Crippen LogP contribution is 2.07. The number of hydrogen-bond donors (Lipinski definition) is 2. The van der Waals surface area contributed by atoms with Crippen molar-refractivity contribution < 1.29 is 9.53 Å². The van der Waals surface area contributed by atoms with E-state index < -0.39 is 0 Å². The number of nitrogens with zero attached hydrogens (tertiary/aromatic N) is 3. The molecule has 0 saturated heterocycles. The van der Waals surface area contributed by atoms with Gasteiger partial charge in [-0.3, -0.25) is 15.1 Å². The molecule has 0 spiro atoms. The Kier molecular flexibility index (Phi) is 2.99. The van der Waals surface area contributed by atoms with Crippen LogP contribution in [-0.4, -0.2) is 33.2 Å². The summed E-state index contributed by atoms with van der Waals surface area (Å²) in [6.45, 7) is 1.81. The van der Waals surface area contributed by atoms with Gasteiger partial charge in [-0.2, -0.15) is 4.98 Å². The van der Waals surface area contributed by atoms with Gasteiger partial charge in [0.05, 0.1) is 7.11 Å². The number of carbonyl (C=O) groups is 1. The van der Waals surface area contributed by atoms with E-state index in [0.717, 1.165) is 5.69 Å². The third kappa shape index (κ3) is 2.57. The number of amides is 1. The van der Waals surface area contributed by atoms with E-state index in [0.29, 0.717) is 5.56 Å². The molecular formula is C10H11N5O2. The number of hydrogen-bond acceptors (Lipinski definition) is 5. The van der Waals surface area contributed by atoms with E-state index in [1.165, 1.54) is 7.11 Å². The average molecular weight is 233 g/mol. The summed E-state index contributed by atoms with van der Waals surface area (Å²) in [5.41, 5.74) is 1.28. The van der Waals surface area contributed by atoms with E-state index in [2.05, 4.69) is 25.5 Å². The van der Waals surface area contributed by atoms with Gasteiger partial charge in [0.1, 0.15) is 0 Å². The van der Waals surface area contributed by atoms with Crippen LogP contribution in [0.15, 0.2) is 18.3 Å². The standard InChI is InChI=1S/C10H11N5O2/c1-6-5-7(3-4-11-6)8(16)12-9-13-10(17-2)15-14-9/h3-5H,1-2H3,(H2,12,13,14,15,16). The molecule has 0 aliphatic heterocycles. The van der Waals surface area contributed by atoms with Crippen molar-refractivity contribution in [3.8, 4) is 6.01 Å². The highest BCUT2D eigenvalue weighted by atomic mass is 16.5. The van der Waals surface area contributed by atoms with Crippen molar-refractivity contribution >= 4 is 11.9 Å². The zero-order chi connectivity index (χ0) is 12.3. The first kappa shape index (κ1) is 11.1. The molecule has 2 N–H and O–H groups in total. The summed E-state index contributed by atoms with van der Waals surface area (Å²) in [5.74, 6) is -0.0457. The molecule has 2 aromatic rings. The Balaban J connectivity index is 2.11. The normalized spacial score (nSPS) is 10.0. The van der Waals surface area contributed by atoms with Crippen LogP contribution in [0, 0.1) is 6.92 Å². The highest BCUT2D eigenvalue weighted by Gasteiger charge is 2.09. The van der Waals surface area contributed by atoms with Crippen molar-refractivity contribution in [2.24, 2.45) is 0 Å². The molecule has 7 nitrogen and oxygen atoms in total. The Bertz CT molecular complexity index is 537. The summed E-state index contributed by atoms with van der Waals surface area (Å²) in [4.78, 5) is 19.7. The smallest absolute Gasteiger partial charge is 0.336 e. The number of anilines is 1. The first-order chi connectivity index (χ1) is 8.19. The fraction of sp³-hybridized carbons (Fsp3) is 0.200. The van der Waals surface area contributed by atoms with Crippen LogP contribution in [0.5, 0.6) is 6.01 Å². The molecular weight excluding hydrogens is 222 g/mol. The van der Waals surface area contributed by atoms with Crippen LogP contribution in [0.4, 0.5) is 5.95 Å². The Morgan fingerprint density at radius 3 is 3.00 bits per heavy atom. The average Bonchev–Trinajstić information content (AvgIpc) is 2.77. The van der Waals surface area contributed by atoms with Gasteiger partial charge in [-0.05, 0) is 19.1 Å². The number of methoxy groups -OCH3 is 1. The number of pyridine rings is 1. The molecule has 0 aromatic carbocycles. The van der Waals surface area contributed by atoms with Crippen LogP contribution in [0.2, 0.25) is 0 Å². The number of aromatic nitrogens is 4. The first-order valence-electron chi connectivity index (χ1n) is 4.89. The van der Waals surface area contributed by atoms with Crippen LogP contribution in [0.25, 0.3) is 0 Å². The molecule has 1 amide bonds. The van der Waals surface area contributed by atoms with Crippen molar-refractivity contribution in [3.05, 3.63) is 29.6 Å². The summed E-state index contributed by atoms with van der Waals surface area (Å²) in [7, 11) is 1.45. The van der Waals surface area contributed by atoms with E-state index in [9.17, 15) is 4.79 Å². The summed E-state index contributed by atoms with van der Waals surface area (Å²) in [5, 5.41) is 8.82.